The molecule has 0 aliphatic carbocycles. The molecule has 2 aliphatic heterocycles. The summed E-state index contributed by atoms with van der Waals surface area (Å²) in [6.45, 7) is -1.45. The topological polar surface area (TPSA) is 344 Å². The molecule has 10 atom stereocenters. The van der Waals surface area contributed by atoms with Crippen LogP contribution in [-0.4, -0.2) is 148 Å². The quantitative estimate of drug-likeness (QED) is 0.0347. The van der Waals surface area contributed by atoms with Gasteiger partial charge in [-0.1, -0.05) is 12.1 Å². The average molecular weight is 920 g/mol. The van der Waals surface area contributed by atoms with E-state index in [0.29, 0.717) is 16.5 Å². The Balaban J connectivity index is 1.15. The van der Waals surface area contributed by atoms with Crippen LogP contribution in [0.25, 0.3) is 34.4 Å². The highest BCUT2D eigenvalue weighted by Gasteiger charge is 2.52. The standard InChI is InChI=1S/C45H42O21/c46-24-7-5-22-16-32(42(62-31(22)17-24)23-6-10-27(49)30(52)15-23)63-45-43(40(58)38(56)34(65-45)19-61-36(54)12-4-21-2-9-26(48)29(51)14-21)66-44-41(59)39(57)37(55)33(64-44)18-60-35(53)11-3-20-1-8-25(47)28(50)13-20/h1-17,33-34,37-41,43-45,55-59H,18-19H2,(H6-,46,47,48,49,50,51,52,53,54)/p+1/t33-,34-,37-,38-,39+,40+,41-,43-,44+,45-/m1/s1. The van der Waals surface area contributed by atoms with Gasteiger partial charge >= 0.3 is 23.3 Å². The van der Waals surface area contributed by atoms with E-state index in [9.17, 15) is 70.9 Å². The summed E-state index contributed by atoms with van der Waals surface area (Å²) < 4.78 is 40.6. The second kappa shape index (κ2) is 19.9. The first-order valence-electron chi connectivity index (χ1n) is 19.8. The molecule has 0 bridgehead atoms. The van der Waals surface area contributed by atoms with Crippen molar-refractivity contribution < 1.29 is 104 Å². The van der Waals surface area contributed by atoms with E-state index in [1.807, 2.05) is 0 Å². The first kappa shape index (κ1) is 46.8. The van der Waals surface area contributed by atoms with Crippen LogP contribution in [0, 0.1) is 0 Å². The Labute approximate surface area is 372 Å². The fourth-order valence-electron chi connectivity index (χ4n) is 6.82. The highest BCUT2D eigenvalue weighted by atomic mass is 16.8. The third kappa shape index (κ3) is 10.7. The molecule has 2 saturated heterocycles. The van der Waals surface area contributed by atoms with Crippen LogP contribution < -0.4 is 4.74 Å². The van der Waals surface area contributed by atoms with Crippen LogP contribution >= 0.6 is 0 Å². The van der Waals surface area contributed by atoms with Crippen molar-refractivity contribution in [2.24, 2.45) is 0 Å². The van der Waals surface area contributed by atoms with Crippen LogP contribution in [0.15, 0.2) is 95.4 Å². The van der Waals surface area contributed by atoms with E-state index in [1.54, 1.807) is 0 Å². The minimum absolute atomic E-state index is 0.107. The van der Waals surface area contributed by atoms with Crippen molar-refractivity contribution >= 4 is 35.1 Å². The number of aliphatic hydroxyl groups is 5. The summed E-state index contributed by atoms with van der Waals surface area (Å²) in [5.74, 6) is -5.17. The molecule has 12 N–H and O–H groups in total. The molecule has 2 fully saturated rings. The SMILES string of the molecule is O=C(C=Cc1ccc(O)c(O)c1)OC[C@H]1O[C@@H](O[C@H]2[C@H](Oc3cc4ccc(O)cc4[o+]c3-c3ccc(O)c(O)c3)O[C@H](COC(=O)C=Cc3ccc(O)c(O)c3)[C@@H](O)[C@@H]2O)[C@H](O)[C@@H](O)[C@@H]1O. The maximum absolute atomic E-state index is 12.8. The largest absolute Gasteiger partial charge is 0.508 e. The van der Waals surface area contributed by atoms with Crippen LogP contribution in [0.5, 0.6) is 46.0 Å². The fourth-order valence-corrected chi connectivity index (χ4v) is 6.82. The highest BCUT2D eigenvalue weighted by Crippen LogP contribution is 2.41. The Morgan fingerprint density at radius 2 is 1.09 bits per heavy atom. The molecule has 7 rings (SSSR count). The molecule has 2 aliphatic rings. The molecular weight excluding hydrogens is 876 g/mol. The summed E-state index contributed by atoms with van der Waals surface area (Å²) >= 11 is 0. The van der Waals surface area contributed by atoms with Gasteiger partial charge in [-0.25, -0.2) is 14.0 Å². The van der Waals surface area contributed by atoms with E-state index >= 15 is 0 Å². The number of carbonyl (C=O) groups is 2. The van der Waals surface area contributed by atoms with Crippen LogP contribution in [0.2, 0.25) is 0 Å². The van der Waals surface area contributed by atoms with E-state index in [-0.39, 0.29) is 39.9 Å². The predicted octanol–water partition coefficient (Wildman–Crippen LogP) is 1.85. The van der Waals surface area contributed by atoms with Crippen molar-refractivity contribution in [2.45, 2.75) is 61.4 Å². The van der Waals surface area contributed by atoms with Gasteiger partial charge in [0.25, 0.3) is 0 Å². The monoisotopic (exact) mass is 919 g/mol. The highest BCUT2D eigenvalue weighted by molar-refractivity contribution is 5.88. The summed E-state index contributed by atoms with van der Waals surface area (Å²) in [6.07, 6.45) is -14.4. The number of fused-ring (bicyclic) bond motifs is 1. The van der Waals surface area contributed by atoms with Gasteiger partial charge in [-0.3, -0.25) is 0 Å². The summed E-state index contributed by atoms with van der Waals surface area (Å²) in [5, 5.41) is 125. The van der Waals surface area contributed by atoms with Crippen molar-refractivity contribution in [3.63, 3.8) is 0 Å². The zero-order valence-electron chi connectivity index (χ0n) is 34.0. The molecule has 4 aromatic carbocycles. The van der Waals surface area contributed by atoms with Gasteiger partial charge in [0.1, 0.15) is 61.7 Å². The van der Waals surface area contributed by atoms with Crippen LogP contribution in [0.1, 0.15) is 11.1 Å². The predicted molar refractivity (Wildman–Crippen MR) is 223 cm³/mol. The third-order valence-corrected chi connectivity index (χ3v) is 10.4. The molecule has 66 heavy (non-hydrogen) atoms. The number of phenols is 7. The van der Waals surface area contributed by atoms with E-state index in [2.05, 4.69) is 0 Å². The minimum Gasteiger partial charge on any atom is -0.508 e. The lowest BCUT2D eigenvalue weighted by atomic mass is 9.97. The number of ether oxygens (including phenoxy) is 6. The molecule has 0 amide bonds. The molecule has 5 aromatic rings. The number of rotatable bonds is 13. The van der Waals surface area contributed by atoms with E-state index in [0.717, 1.165) is 24.3 Å². The normalized spacial score (nSPS) is 25.5. The number of carbonyl (C=O) groups excluding carboxylic acids is 2. The number of phenolic OH excluding ortho intramolecular Hbond substituents is 7. The Morgan fingerprint density at radius 1 is 0.561 bits per heavy atom. The Hall–Kier alpha value is -7.21. The lowest BCUT2D eigenvalue weighted by Crippen LogP contribution is -2.65. The molecule has 21 nitrogen and oxygen atoms in total. The number of hydrogen-bond acceptors (Lipinski definition) is 20. The molecule has 0 unspecified atom stereocenters. The van der Waals surface area contributed by atoms with Crippen molar-refractivity contribution in [1.29, 1.82) is 0 Å². The van der Waals surface area contributed by atoms with Crippen molar-refractivity contribution in [3.05, 3.63) is 102 Å². The second-order valence-electron chi connectivity index (χ2n) is 15.0. The Bertz CT molecular complexity index is 2630. The van der Waals surface area contributed by atoms with Gasteiger partial charge in [0.2, 0.25) is 12.0 Å². The number of benzene rings is 4. The zero-order chi connectivity index (χ0) is 47.4. The maximum atomic E-state index is 12.8. The Kier molecular flexibility index (Phi) is 14.1. The van der Waals surface area contributed by atoms with Crippen molar-refractivity contribution in [3.8, 4) is 57.3 Å². The fraction of sp³-hybridized carbons (Fsp3) is 0.267. The first-order chi connectivity index (χ1) is 31.4. The molecule has 1 aromatic heterocycles. The average Bonchev–Trinajstić information content (AvgIpc) is 3.29. The summed E-state index contributed by atoms with van der Waals surface area (Å²) in [4.78, 5) is 25.3. The second-order valence-corrected chi connectivity index (χ2v) is 15.0. The Morgan fingerprint density at radius 3 is 1.65 bits per heavy atom. The molecule has 0 spiro atoms. The maximum Gasteiger partial charge on any atom is 0.402 e. The van der Waals surface area contributed by atoms with Gasteiger partial charge in [-0.15, -0.1) is 0 Å². The van der Waals surface area contributed by atoms with Gasteiger partial charge in [0.05, 0.1) is 17.0 Å². The van der Waals surface area contributed by atoms with Gasteiger partial charge in [0.15, 0.2) is 46.9 Å². The minimum atomic E-state index is -2.06. The van der Waals surface area contributed by atoms with E-state index in [1.165, 1.54) is 78.9 Å². The van der Waals surface area contributed by atoms with Gasteiger partial charge in [0, 0.05) is 24.3 Å². The first-order valence-corrected chi connectivity index (χ1v) is 19.8. The third-order valence-electron chi connectivity index (χ3n) is 10.4. The molecule has 0 saturated carbocycles. The number of esters is 2. The molecular formula is C45H43O21+. The summed E-state index contributed by atoms with van der Waals surface area (Å²) in [6, 6.07) is 16.6. The smallest absolute Gasteiger partial charge is 0.402 e. The van der Waals surface area contributed by atoms with Crippen molar-refractivity contribution in [1.82, 2.24) is 0 Å². The lowest BCUT2D eigenvalue weighted by Gasteiger charge is -2.45. The summed E-state index contributed by atoms with van der Waals surface area (Å²) in [5.41, 5.74) is 0.843. The number of aliphatic hydroxyl groups excluding tert-OH is 5. The summed E-state index contributed by atoms with van der Waals surface area (Å²) in [7, 11) is 0. The molecule has 0 radical (unpaired) electrons. The van der Waals surface area contributed by atoms with Crippen LogP contribution in [0.4, 0.5) is 0 Å². The van der Waals surface area contributed by atoms with Gasteiger partial charge in [-0.2, -0.15) is 0 Å². The zero-order valence-corrected chi connectivity index (χ0v) is 34.0. The van der Waals surface area contributed by atoms with E-state index < -0.39 is 110 Å². The molecule has 348 valence electrons. The molecule has 21 heteroatoms. The number of aromatic hydroxyl groups is 7. The van der Waals surface area contributed by atoms with Crippen LogP contribution in [-0.2, 0) is 33.3 Å². The van der Waals surface area contributed by atoms with E-state index in [4.69, 9.17) is 32.8 Å². The number of hydrogen-bond donors (Lipinski definition) is 12. The van der Waals surface area contributed by atoms with Gasteiger partial charge in [-0.05, 0) is 71.8 Å². The lowest BCUT2D eigenvalue weighted by molar-refractivity contribution is -0.358. The van der Waals surface area contributed by atoms with Crippen molar-refractivity contribution in [2.75, 3.05) is 13.2 Å². The van der Waals surface area contributed by atoms with Gasteiger partial charge < -0.3 is 89.7 Å². The van der Waals surface area contributed by atoms with Crippen LogP contribution in [0.3, 0.4) is 0 Å². The molecule has 3 heterocycles.